The minimum absolute atomic E-state index is 0.147. The molecule has 0 aromatic heterocycles. The van der Waals surface area contributed by atoms with Crippen molar-refractivity contribution in [1.29, 1.82) is 0 Å². The first-order chi connectivity index (χ1) is 5.11. The summed E-state index contributed by atoms with van der Waals surface area (Å²) in [6.07, 6.45) is 2.57. The smallest absolute Gasteiger partial charge is 0.224 e. The van der Waals surface area contributed by atoms with Crippen molar-refractivity contribution in [1.82, 2.24) is 5.32 Å². The third kappa shape index (κ3) is 1.82. The molecule has 1 aliphatic rings. The molecule has 1 N–H and O–H groups in total. The fourth-order valence-corrected chi connectivity index (χ4v) is 1.42. The molecule has 0 fully saturated rings. The fourth-order valence-electron chi connectivity index (χ4n) is 1.42. The molecule has 0 aromatic carbocycles. The van der Waals surface area contributed by atoms with E-state index in [9.17, 15) is 4.79 Å². The Morgan fingerprint density at radius 3 is 2.73 bits per heavy atom. The summed E-state index contributed by atoms with van der Waals surface area (Å²) in [5.41, 5.74) is 1.29. The molecule has 0 aliphatic carbocycles. The van der Waals surface area contributed by atoms with Crippen molar-refractivity contribution >= 4 is 5.91 Å². The normalized spacial score (nSPS) is 24.9. The monoisotopic (exact) mass is 153 g/mol. The second-order valence-corrected chi connectivity index (χ2v) is 3.44. The zero-order valence-electron chi connectivity index (χ0n) is 7.35. The summed E-state index contributed by atoms with van der Waals surface area (Å²) in [5, 5.41) is 2.96. The number of amides is 1. The van der Waals surface area contributed by atoms with Crippen molar-refractivity contribution < 1.29 is 4.79 Å². The van der Waals surface area contributed by atoms with Crippen molar-refractivity contribution in [3.05, 3.63) is 11.6 Å². The van der Waals surface area contributed by atoms with Crippen molar-refractivity contribution in [3.8, 4) is 0 Å². The van der Waals surface area contributed by atoms with Gasteiger partial charge in [0.05, 0.1) is 6.04 Å². The van der Waals surface area contributed by atoms with Gasteiger partial charge in [-0.05, 0) is 12.8 Å². The summed E-state index contributed by atoms with van der Waals surface area (Å²) in [4.78, 5) is 11.0. The molecule has 0 aromatic rings. The average Bonchev–Trinajstić information content (AvgIpc) is 1.94. The first-order valence-corrected chi connectivity index (χ1v) is 4.07. The molecular formula is C9H15NO. The Morgan fingerprint density at radius 2 is 2.27 bits per heavy atom. The van der Waals surface area contributed by atoms with E-state index in [0.717, 1.165) is 0 Å². The predicted octanol–water partition coefficient (Wildman–Crippen LogP) is 1.48. The molecule has 1 unspecified atom stereocenters. The summed E-state index contributed by atoms with van der Waals surface area (Å²) < 4.78 is 0. The topological polar surface area (TPSA) is 29.1 Å². The van der Waals surface area contributed by atoms with Crippen LogP contribution in [0.5, 0.6) is 0 Å². The Morgan fingerprint density at radius 1 is 1.64 bits per heavy atom. The predicted molar refractivity (Wildman–Crippen MR) is 45.1 cm³/mol. The maximum atomic E-state index is 11.0. The van der Waals surface area contributed by atoms with Crippen LogP contribution in [0.15, 0.2) is 11.6 Å². The van der Waals surface area contributed by atoms with Gasteiger partial charge in [0.25, 0.3) is 0 Å². The average molecular weight is 153 g/mol. The Balaban J connectivity index is 2.71. The highest BCUT2D eigenvalue weighted by Gasteiger charge is 2.20. The Hall–Kier alpha value is -0.790. The number of rotatable bonds is 1. The Kier molecular flexibility index (Phi) is 2.32. The summed E-state index contributed by atoms with van der Waals surface area (Å²) in [6, 6.07) is 0.260. The molecule has 2 nitrogen and oxygen atoms in total. The zero-order valence-corrected chi connectivity index (χ0v) is 7.35. The maximum Gasteiger partial charge on any atom is 0.224 e. The van der Waals surface area contributed by atoms with E-state index in [2.05, 4.69) is 26.1 Å². The van der Waals surface area contributed by atoms with Crippen LogP contribution in [0, 0.1) is 5.92 Å². The lowest BCUT2D eigenvalue weighted by molar-refractivity contribution is -0.121. The van der Waals surface area contributed by atoms with Crippen LogP contribution >= 0.6 is 0 Å². The molecule has 0 saturated heterocycles. The Bertz CT molecular complexity index is 194. The molecule has 1 rings (SSSR count). The number of carbonyl (C=O) groups excluding carboxylic acids is 1. The van der Waals surface area contributed by atoms with Crippen LogP contribution in [0.1, 0.15) is 27.2 Å². The SMILES string of the molecule is CC1=CCC(=O)NC1C(C)C. The van der Waals surface area contributed by atoms with E-state index in [0.29, 0.717) is 12.3 Å². The van der Waals surface area contributed by atoms with Crippen LogP contribution in [-0.2, 0) is 4.79 Å². The Labute approximate surface area is 67.7 Å². The number of hydrogen-bond acceptors (Lipinski definition) is 1. The standard InChI is InChI=1S/C9H15NO/c1-6(2)9-7(3)4-5-8(11)10-9/h4,6,9H,5H2,1-3H3,(H,10,11). The van der Waals surface area contributed by atoms with Gasteiger partial charge in [-0.25, -0.2) is 0 Å². The lowest BCUT2D eigenvalue weighted by Crippen LogP contribution is -2.41. The van der Waals surface area contributed by atoms with Gasteiger partial charge in [0, 0.05) is 6.42 Å². The molecule has 1 atom stereocenters. The fraction of sp³-hybridized carbons (Fsp3) is 0.667. The van der Waals surface area contributed by atoms with Gasteiger partial charge in [0.1, 0.15) is 0 Å². The molecule has 1 amide bonds. The van der Waals surface area contributed by atoms with Crippen LogP contribution in [0.2, 0.25) is 0 Å². The first-order valence-electron chi connectivity index (χ1n) is 4.07. The maximum absolute atomic E-state index is 11.0. The van der Waals surface area contributed by atoms with Gasteiger partial charge in [-0.1, -0.05) is 25.5 Å². The van der Waals surface area contributed by atoms with Gasteiger partial charge in [-0.15, -0.1) is 0 Å². The third-order valence-corrected chi connectivity index (χ3v) is 2.08. The molecule has 0 saturated carbocycles. The van der Waals surface area contributed by atoms with Crippen LogP contribution in [-0.4, -0.2) is 11.9 Å². The van der Waals surface area contributed by atoms with Crippen molar-refractivity contribution in [2.45, 2.75) is 33.2 Å². The van der Waals surface area contributed by atoms with Crippen LogP contribution < -0.4 is 5.32 Å². The molecule has 1 aliphatic heterocycles. The molecule has 1 heterocycles. The van der Waals surface area contributed by atoms with E-state index in [1.807, 2.05) is 6.08 Å². The third-order valence-electron chi connectivity index (χ3n) is 2.08. The molecule has 11 heavy (non-hydrogen) atoms. The number of hydrogen-bond donors (Lipinski definition) is 1. The summed E-state index contributed by atoms with van der Waals surface area (Å²) in [6.45, 7) is 6.31. The molecular weight excluding hydrogens is 138 g/mol. The van der Waals surface area contributed by atoms with E-state index >= 15 is 0 Å². The minimum Gasteiger partial charge on any atom is -0.349 e. The van der Waals surface area contributed by atoms with E-state index in [1.165, 1.54) is 5.57 Å². The number of nitrogens with one attached hydrogen (secondary N) is 1. The highest BCUT2D eigenvalue weighted by atomic mass is 16.1. The summed E-state index contributed by atoms with van der Waals surface area (Å²) in [5.74, 6) is 0.643. The van der Waals surface area contributed by atoms with E-state index in [1.54, 1.807) is 0 Å². The minimum atomic E-state index is 0.147. The van der Waals surface area contributed by atoms with Crippen molar-refractivity contribution in [2.75, 3.05) is 0 Å². The second kappa shape index (κ2) is 3.07. The van der Waals surface area contributed by atoms with Gasteiger partial charge in [-0.2, -0.15) is 0 Å². The van der Waals surface area contributed by atoms with E-state index in [-0.39, 0.29) is 11.9 Å². The summed E-state index contributed by atoms with van der Waals surface area (Å²) >= 11 is 0. The zero-order chi connectivity index (χ0) is 8.43. The van der Waals surface area contributed by atoms with Gasteiger partial charge in [0.2, 0.25) is 5.91 Å². The molecule has 0 spiro atoms. The lowest BCUT2D eigenvalue weighted by Gasteiger charge is -2.26. The van der Waals surface area contributed by atoms with Crippen LogP contribution in [0.25, 0.3) is 0 Å². The van der Waals surface area contributed by atoms with E-state index in [4.69, 9.17) is 0 Å². The molecule has 2 heteroatoms. The quantitative estimate of drug-likeness (QED) is 0.568. The number of carbonyl (C=O) groups is 1. The van der Waals surface area contributed by atoms with Gasteiger partial charge in [0.15, 0.2) is 0 Å². The van der Waals surface area contributed by atoms with Gasteiger partial charge in [-0.3, -0.25) is 4.79 Å². The second-order valence-electron chi connectivity index (χ2n) is 3.44. The molecule has 0 radical (unpaired) electrons. The van der Waals surface area contributed by atoms with Crippen molar-refractivity contribution in [2.24, 2.45) is 5.92 Å². The largest absolute Gasteiger partial charge is 0.349 e. The lowest BCUT2D eigenvalue weighted by atomic mass is 9.93. The van der Waals surface area contributed by atoms with Crippen LogP contribution in [0.4, 0.5) is 0 Å². The van der Waals surface area contributed by atoms with Crippen LogP contribution in [0.3, 0.4) is 0 Å². The highest BCUT2D eigenvalue weighted by Crippen LogP contribution is 2.15. The highest BCUT2D eigenvalue weighted by molar-refractivity contribution is 5.79. The van der Waals surface area contributed by atoms with Crippen molar-refractivity contribution in [3.63, 3.8) is 0 Å². The van der Waals surface area contributed by atoms with Gasteiger partial charge >= 0.3 is 0 Å². The molecule has 62 valence electrons. The van der Waals surface area contributed by atoms with E-state index < -0.39 is 0 Å². The first kappa shape index (κ1) is 8.31. The van der Waals surface area contributed by atoms with Gasteiger partial charge < -0.3 is 5.32 Å². The molecule has 0 bridgehead atoms. The summed E-state index contributed by atoms with van der Waals surface area (Å²) in [7, 11) is 0.